The minimum atomic E-state index is -3.71. The van der Waals surface area contributed by atoms with Gasteiger partial charge in [0.15, 0.2) is 0 Å². The molecule has 0 bridgehead atoms. The van der Waals surface area contributed by atoms with E-state index in [0.717, 1.165) is 6.07 Å². The van der Waals surface area contributed by atoms with Gasteiger partial charge >= 0.3 is 0 Å². The second-order valence-corrected chi connectivity index (χ2v) is 6.08. The lowest BCUT2D eigenvalue weighted by Crippen LogP contribution is -2.42. The van der Waals surface area contributed by atoms with Crippen molar-refractivity contribution in [1.82, 2.24) is 4.31 Å². The second-order valence-electron chi connectivity index (χ2n) is 4.17. The van der Waals surface area contributed by atoms with Crippen molar-refractivity contribution < 1.29 is 12.8 Å². The molecule has 7 heteroatoms. The predicted octanol–water partition coefficient (Wildman–Crippen LogP) is 1.36. The van der Waals surface area contributed by atoms with Crippen LogP contribution in [0.2, 0.25) is 0 Å². The summed E-state index contributed by atoms with van der Waals surface area (Å²) in [6.45, 7) is 0.718. The molecule has 1 aromatic rings. The van der Waals surface area contributed by atoms with E-state index in [-0.39, 0.29) is 23.3 Å². The second kappa shape index (κ2) is 5.97. The van der Waals surface area contributed by atoms with E-state index in [4.69, 9.17) is 5.73 Å². The Morgan fingerprint density at radius 1 is 1.22 bits per heavy atom. The lowest BCUT2D eigenvalue weighted by Gasteiger charge is -2.29. The van der Waals surface area contributed by atoms with Crippen LogP contribution in [0.4, 0.5) is 4.39 Å². The fourth-order valence-electron chi connectivity index (χ4n) is 1.91. The number of hydrogen-bond acceptors (Lipinski definition) is 3. The van der Waals surface area contributed by atoms with Gasteiger partial charge in [-0.25, -0.2) is 12.8 Å². The number of hydrogen-bond donors (Lipinski definition) is 1. The predicted molar refractivity (Wildman–Crippen MR) is 69.6 cm³/mol. The third-order valence-corrected chi connectivity index (χ3v) is 4.88. The van der Waals surface area contributed by atoms with Crippen LogP contribution < -0.4 is 5.73 Å². The Kier molecular flexibility index (Phi) is 5.10. The first-order chi connectivity index (χ1) is 8.01. The molecule has 2 N–H and O–H groups in total. The quantitative estimate of drug-likeness (QED) is 0.896. The first kappa shape index (κ1) is 15.4. The molecule has 18 heavy (non-hydrogen) atoms. The molecule has 1 aromatic carbocycles. The van der Waals surface area contributed by atoms with Crippen LogP contribution in [-0.2, 0) is 10.0 Å². The molecule has 1 heterocycles. The van der Waals surface area contributed by atoms with Gasteiger partial charge in [-0.3, -0.25) is 0 Å². The minimum Gasteiger partial charge on any atom is -0.328 e. The van der Waals surface area contributed by atoms with Gasteiger partial charge in [-0.1, -0.05) is 12.1 Å². The Bertz CT molecular complexity index is 502. The van der Waals surface area contributed by atoms with Crippen molar-refractivity contribution in [3.05, 3.63) is 30.1 Å². The number of halogens is 2. The molecule has 0 atom stereocenters. The highest BCUT2D eigenvalue weighted by Crippen LogP contribution is 2.22. The highest BCUT2D eigenvalue weighted by atomic mass is 35.5. The Labute approximate surface area is 112 Å². The number of nitrogens with zero attached hydrogens (tertiary/aromatic N) is 1. The van der Waals surface area contributed by atoms with Gasteiger partial charge in [0.2, 0.25) is 10.0 Å². The SMILES string of the molecule is Cl.NC1CCN(S(=O)(=O)c2ccccc2F)CC1. The highest BCUT2D eigenvalue weighted by molar-refractivity contribution is 7.89. The van der Waals surface area contributed by atoms with Crippen LogP contribution in [0, 0.1) is 5.82 Å². The largest absolute Gasteiger partial charge is 0.328 e. The van der Waals surface area contributed by atoms with Crippen LogP contribution in [0.25, 0.3) is 0 Å². The zero-order valence-corrected chi connectivity index (χ0v) is 11.4. The zero-order valence-electron chi connectivity index (χ0n) is 9.75. The Morgan fingerprint density at radius 2 is 1.78 bits per heavy atom. The van der Waals surface area contributed by atoms with E-state index >= 15 is 0 Å². The Hall–Kier alpha value is -0.690. The molecular weight excluding hydrogens is 279 g/mol. The first-order valence-corrected chi connectivity index (χ1v) is 6.96. The van der Waals surface area contributed by atoms with Gasteiger partial charge in [-0.2, -0.15) is 4.31 Å². The highest BCUT2D eigenvalue weighted by Gasteiger charge is 2.29. The van der Waals surface area contributed by atoms with Crippen molar-refractivity contribution in [2.45, 2.75) is 23.8 Å². The van der Waals surface area contributed by atoms with E-state index in [1.54, 1.807) is 0 Å². The number of piperidine rings is 1. The van der Waals surface area contributed by atoms with Crippen molar-refractivity contribution in [3.63, 3.8) is 0 Å². The lowest BCUT2D eigenvalue weighted by molar-refractivity contribution is 0.319. The fourth-order valence-corrected chi connectivity index (χ4v) is 3.44. The van der Waals surface area contributed by atoms with E-state index in [1.165, 1.54) is 22.5 Å². The molecule has 4 nitrogen and oxygen atoms in total. The van der Waals surface area contributed by atoms with Gasteiger partial charge in [0.05, 0.1) is 0 Å². The summed E-state index contributed by atoms with van der Waals surface area (Å²) in [4.78, 5) is -0.254. The van der Waals surface area contributed by atoms with Crippen molar-refractivity contribution >= 4 is 22.4 Å². The molecule has 2 rings (SSSR count). The summed E-state index contributed by atoms with van der Waals surface area (Å²) in [5, 5.41) is 0. The molecule has 0 aliphatic carbocycles. The lowest BCUT2D eigenvalue weighted by atomic mass is 10.1. The van der Waals surface area contributed by atoms with Gasteiger partial charge < -0.3 is 5.73 Å². The van der Waals surface area contributed by atoms with Gasteiger partial charge in [-0.05, 0) is 25.0 Å². The summed E-state index contributed by atoms with van der Waals surface area (Å²) in [5.74, 6) is -0.706. The van der Waals surface area contributed by atoms with Gasteiger partial charge in [0.1, 0.15) is 10.7 Å². The summed E-state index contributed by atoms with van der Waals surface area (Å²) < 4.78 is 39.1. The maximum atomic E-state index is 13.5. The van der Waals surface area contributed by atoms with Crippen LogP contribution in [0.15, 0.2) is 29.2 Å². The summed E-state index contributed by atoms with van der Waals surface area (Å²) in [7, 11) is -3.71. The van der Waals surface area contributed by atoms with Gasteiger partial charge in [-0.15, -0.1) is 12.4 Å². The van der Waals surface area contributed by atoms with E-state index in [0.29, 0.717) is 25.9 Å². The number of sulfonamides is 1. The molecule has 102 valence electrons. The molecule has 1 aliphatic rings. The van der Waals surface area contributed by atoms with E-state index in [1.807, 2.05) is 0 Å². The average Bonchev–Trinajstić information content (AvgIpc) is 2.30. The summed E-state index contributed by atoms with van der Waals surface area (Å²) in [6.07, 6.45) is 1.24. The molecule has 0 spiro atoms. The molecule has 1 saturated heterocycles. The summed E-state index contributed by atoms with van der Waals surface area (Å²) in [6, 6.07) is 5.48. The summed E-state index contributed by atoms with van der Waals surface area (Å²) >= 11 is 0. The van der Waals surface area contributed by atoms with Crippen molar-refractivity contribution in [3.8, 4) is 0 Å². The number of benzene rings is 1. The molecule has 0 amide bonds. The normalized spacial score (nSPS) is 18.3. The Balaban J connectivity index is 0.00000162. The topological polar surface area (TPSA) is 63.4 Å². The standard InChI is InChI=1S/C11H15FN2O2S.ClH/c12-10-3-1-2-4-11(10)17(15,16)14-7-5-9(13)6-8-14;/h1-4,9H,5-8,13H2;1H. The molecule has 0 unspecified atom stereocenters. The minimum absolute atomic E-state index is 0. The van der Waals surface area contributed by atoms with Gasteiger partial charge in [0, 0.05) is 19.1 Å². The molecular formula is C11H16ClFN2O2S. The van der Waals surface area contributed by atoms with Gasteiger partial charge in [0.25, 0.3) is 0 Å². The van der Waals surface area contributed by atoms with Crippen molar-refractivity contribution in [2.24, 2.45) is 5.73 Å². The van der Waals surface area contributed by atoms with Crippen LogP contribution in [-0.4, -0.2) is 31.9 Å². The number of nitrogens with two attached hydrogens (primary N) is 1. The fraction of sp³-hybridized carbons (Fsp3) is 0.455. The Morgan fingerprint density at radius 3 is 2.33 bits per heavy atom. The van der Waals surface area contributed by atoms with Crippen LogP contribution in [0.3, 0.4) is 0 Å². The molecule has 1 aliphatic heterocycles. The summed E-state index contributed by atoms with van der Waals surface area (Å²) in [5.41, 5.74) is 5.71. The van der Waals surface area contributed by atoms with E-state index < -0.39 is 15.8 Å². The third kappa shape index (κ3) is 3.00. The van der Waals surface area contributed by atoms with Crippen molar-refractivity contribution in [2.75, 3.05) is 13.1 Å². The number of rotatable bonds is 2. The molecule has 0 aromatic heterocycles. The zero-order chi connectivity index (χ0) is 12.5. The van der Waals surface area contributed by atoms with Crippen LogP contribution in [0.5, 0.6) is 0 Å². The molecule has 0 saturated carbocycles. The monoisotopic (exact) mass is 294 g/mol. The van der Waals surface area contributed by atoms with Crippen LogP contribution in [0.1, 0.15) is 12.8 Å². The molecule has 1 fully saturated rings. The van der Waals surface area contributed by atoms with Crippen LogP contribution >= 0.6 is 12.4 Å². The van der Waals surface area contributed by atoms with Crippen molar-refractivity contribution in [1.29, 1.82) is 0 Å². The van der Waals surface area contributed by atoms with E-state index in [2.05, 4.69) is 0 Å². The third-order valence-electron chi connectivity index (χ3n) is 2.95. The van der Waals surface area contributed by atoms with E-state index in [9.17, 15) is 12.8 Å². The maximum Gasteiger partial charge on any atom is 0.245 e. The smallest absolute Gasteiger partial charge is 0.245 e. The molecule has 0 radical (unpaired) electrons. The maximum absolute atomic E-state index is 13.5. The first-order valence-electron chi connectivity index (χ1n) is 5.52. The average molecular weight is 295 g/mol.